The molecule has 3 heterocycles. The molecule has 0 saturated heterocycles. The Morgan fingerprint density at radius 1 is 1.42 bits per heavy atom. The minimum atomic E-state index is -0.944. The maximum atomic E-state index is 11.5. The van der Waals surface area contributed by atoms with E-state index in [-0.39, 0.29) is 5.69 Å². The van der Waals surface area contributed by atoms with Crippen molar-refractivity contribution in [3.8, 4) is 0 Å². The number of anilines is 1. The van der Waals surface area contributed by atoms with Gasteiger partial charge in [-0.3, -0.25) is 4.40 Å². The largest absolute Gasteiger partial charge is 0.476 e. The molecule has 0 fully saturated rings. The fraction of sp³-hybridized carbons (Fsp3) is 0.286. The topological polar surface area (TPSA) is 57.8 Å². The molecule has 0 aromatic carbocycles. The van der Waals surface area contributed by atoms with E-state index < -0.39 is 5.97 Å². The second-order valence-corrected chi connectivity index (χ2v) is 4.76. The molecule has 0 atom stereocenters. The summed E-state index contributed by atoms with van der Waals surface area (Å²) in [7, 11) is 0. The Morgan fingerprint density at radius 3 is 2.95 bits per heavy atom. The number of hydrogen-bond acceptors (Lipinski definition) is 3. The fourth-order valence-electron chi connectivity index (χ4n) is 2.37. The van der Waals surface area contributed by atoms with Gasteiger partial charge in [-0.1, -0.05) is 17.7 Å². The molecule has 2 aromatic heterocycles. The van der Waals surface area contributed by atoms with Gasteiger partial charge in [-0.15, -0.1) is 0 Å². The van der Waals surface area contributed by atoms with Crippen molar-refractivity contribution in [1.82, 2.24) is 9.38 Å². The molecule has 98 valence electrons. The van der Waals surface area contributed by atoms with E-state index in [4.69, 9.17) is 0 Å². The van der Waals surface area contributed by atoms with E-state index in [1.54, 1.807) is 10.6 Å². The number of carbonyl (C=O) groups is 1. The summed E-state index contributed by atoms with van der Waals surface area (Å²) in [5.74, 6) is -0.387. The second kappa shape index (κ2) is 4.42. The van der Waals surface area contributed by atoms with Gasteiger partial charge in [0.2, 0.25) is 0 Å². The molecule has 2 aromatic rings. The lowest BCUT2D eigenvalue weighted by atomic mass is 10.1. The van der Waals surface area contributed by atoms with Crippen LogP contribution < -0.4 is 4.90 Å². The third-order valence-electron chi connectivity index (χ3n) is 3.45. The highest BCUT2D eigenvalue weighted by atomic mass is 16.4. The van der Waals surface area contributed by atoms with E-state index in [0.29, 0.717) is 11.5 Å². The van der Waals surface area contributed by atoms with Gasteiger partial charge in [0.15, 0.2) is 11.5 Å². The van der Waals surface area contributed by atoms with Crippen LogP contribution in [0.15, 0.2) is 36.0 Å². The lowest BCUT2D eigenvalue weighted by Gasteiger charge is -2.25. The van der Waals surface area contributed by atoms with E-state index in [1.807, 2.05) is 23.1 Å². The fourth-order valence-corrected chi connectivity index (χ4v) is 2.37. The molecule has 1 aliphatic heterocycles. The molecule has 5 heteroatoms. The molecule has 0 radical (unpaired) electrons. The number of hydrogen-bond donors (Lipinski definition) is 1. The van der Waals surface area contributed by atoms with Crippen LogP contribution in [0.2, 0.25) is 0 Å². The van der Waals surface area contributed by atoms with Crippen LogP contribution in [-0.2, 0) is 0 Å². The molecule has 0 unspecified atom stereocenters. The second-order valence-electron chi connectivity index (χ2n) is 4.76. The quantitative estimate of drug-likeness (QED) is 0.838. The molecule has 0 amide bonds. The van der Waals surface area contributed by atoms with E-state index >= 15 is 0 Å². The summed E-state index contributed by atoms with van der Waals surface area (Å²) in [4.78, 5) is 18.0. The molecule has 0 aliphatic carbocycles. The number of imidazole rings is 1. The normalized spacial score (nSPS) is 15.6. The van der Waals surface area contributed by atoms with Crippen LogP contribution in [0.3, 0.4) is 0 Å². The molecule has 3 rings (SSSR count). The van der Waals surface area contributed by atoms with Crippen molar-refractivity contribution < 1.29 is 9.90 Å². The number of pyridine rings is 1. The summed E-state index contributed by atoms with van der Waals surface area (Å²) >= 11 is 0. The standard InChI is InChI=1S/C14H15N3O2/c1-10-5-8-16(9-6-10)13-12(14(18)19)17-7-3-2-4-11(17)15-13/h2-5,7H,6,8-9H2,1H3,(H,18,19). The lowest BCUT2D eigenvalue weighted by molar-refractivity contribution is 0.0690. The SMILES string of the molecule is CC1=CCN(c2nc3ccccn3c2C(=O)O)CC1. The van der Waals surface area contributed by atoms with Crippen molar-refractivity contribution in [2.24, 2.45) is 0 Å². The van der Waals surface area contributed by atoms with E-state index in [9.17, 15) is 9.90 Å². The molecule has 5 nitrogen and oxygen atoms in total. The molecule has 1 N–H and O–H groups in total. The van der Waals surface area contributed by atoms with Crippen LogP contribution in [0.4, 0.5) is 5.82 Å². The predicted molar refractivity (Wildman–Crippen MR) is 72.7 cm³/mol. The Hall–Kier alpha value is -2.30. The summed E-state index contributed by atoms with van der Waals surface area (Å²) in [6.45, 7) is 3.63. The van der Waals surface area contributed by atoms with Crippen molar-refractivity contribution in [3.63, 3.8) is 0 Å². The summed E-state index contributed by atoms with van der Waals surface area (Å²) in [5.41, 5.74) is 2.25. The van der Waals surface area contributed by atoms with Crippen LogP contribution in [-0.4, -0.2) is 33.6 Å². The van der Waals surface area contributed by atoms with E-state index in [0.717, 1.165) is 19.5 Å². The highest BCUT2D eigenvalue weighted by molar-refractivity contribution is 5.93. The third kappa shape index (κ3) is 1.97. The average molecular weight is 257 g/mol. The predicted octanol–water partition coefficient (Wildman–Crippen LogP) is 2.19. The number of rotatable bonds is 2. The number of fused-ring (bicyclic) bond motifs is 1. The highest BCUT2D eigenvalue weighted by Gasteiger charge is 2.23. The van der Waals surface area contributed by atoms with Gasteiger partial charge in [0, 0.05) is 19.3 Å². The number of nitrogens with zero attached hydrogens (tertiary/aromatic N) is 3. The summed E-state index contributed by atoms with van der Waals surface area (Å²) < 4.78 is 1.63. The van der Waals surface area contributed by atoms with Crippen molar-refractivity contribution in [2.75, 3.05) is 18.0 Å². The number of aromatic nitrogens is 2. The van der Waals surface area contributed by atoms with E-state index in [1.165, 1.54) is 5.57 Å². The first kappa shape index (κ1) is 11.8. The summed E-state index contributed by atoms with van der Waals surface area (Å²) in [6, 6.07) is 5.49. The molecule has 1 aliphatic rings. The summed E-state index contributed by atoms with van der Waals surface area (Å²) in [5, 5.41) is 9.43. The lowest BCUT2D eigenvalue weighted by Crippen LogP contribution is -2.30. The average Bonchev–Trinajstić information content (AvgIpc) is 2.78. The zero-order valence-electron chi connectivity index (χ0n) is 10.7. The monoisotopic (exact) mass is 257 g/mol. The minimum absolute atomic E-state index is 0.239. The van der Waals surface area contributed by atoms with Gasteiger partial charge in [0.25, 0.3) is 0 Å². The van der Waals surface area contributed by atoms with Gasteiger partial charge in [-0.25, -0.2) is 9.78 Å². The highest BCUT2D eigenvalue weighted by Crippen LogP contribution is 2.24. The Labute approximate surface area is 110 Å². The number of carboxylic acid groups (broad SMARTS) is 1. The Kier molecular flexibility index (Phi) is 2.74. The first-order valence-corrected chi connectivity index (χ1v) is 6.28. The first-order chi connectivity index (χ1) is 9.16. The maximum absolute atomic E-state index is 11.5. The minimum Gasteiger partial charge on any atom is -0.476 e. The Bertz CT molecular complexity index is 672. The van der Waals surface area contributed by atoms with Crippen molar-refractivity contribution in [2.45, 2.75) is 13.3 Å². The number of aromatic carboxylic acids is 1. The Balaban J connectivity index is 2.12. The van der Waals surface area contributed by atoms with E-state index in [2.05, 4.69) is 18.0 Å². The molecule has 0 bridgehead atoms. The van der Waals surface area contributed by atoms with Crippen LogP contribution in [0.1, 0.15) is 23.8 Å². The van der Waals surface area contributed by atoms with Gasteiger partial charge in [-0.05, 0) is 25.5 Å². The van der Waals surface area contributed by atoms with Gasteiger partial charge >= 0.3 is 5.97 Å². The smallest absolute Gasteiger partial charge is 0.356 e. The van der Waals surface area contributed by atoms with Crippen LogP contribution in [0, 0.1) is 0 Å². The van der Waals surface area contributed by atoms with Crippen LogP contribution >= 0.6 is 0 Å². The maximum Gasteiger partial charge on any atom is 0.356 e. The van der Waals surface area contributed by atoms with Gasteiger partial charge in [0.05, 0.1) is 0 Å². The van der Waals surface area contributed by atoms with Gasteiger partial charge in [-0.2, -0.15) is 0 Å². The molecular weight excluding hydrogens is 242 g/mol. The molecule has 19 heavy (non-hydrogen) atoms. The van der Waals surface area contributed by atoms with Crippen molar-refractivity contribution >= 4 is 17.4 Å². The zero-order valence-corrected chi connectivity index (χ0v) is 10.7. The zero-order chi connectivity index (χ0) is 13.4. The van der Waals surface area contributed by atoms with Crippen molar-refractivity contribution in [3.05, 3.63) is 41.7 Å². The van der Waals surface area contributed by atoms with Crippen molar-refractivity contribution in [1.29, 1.82) is 0 Å². The third-order valence-corrected chi connectivity index (χ3v) is 3.45. The first-order valence-electron chi connectivity index (χ1n) is 6.28. The number of carboxylic acids is 1. The molecule has 0 spiro atoms. The molecule has 0 saturated carbocycles. The van der Waals surface area contributed by atoms with Crippen LogP contribution in [0.5, 0.6) is 0 Å². The summed E-state index contributed by atoms with van der Waals surface area (Å²) in [6.07, 6.45) is 4.81. The van der Waals surface area contributed by atoms with Gasteiger partial charge < -0.3 is 10.0 Å². The van der Waals surface area contributed by atoms with Gasteiger partial charge in [0.1, 0.15) is 5.65 Å². The Morgan fingerprint density at radius 2 is 2.26 bits per heavy atom. The van der Waals surface area contributed by atoms with Crippen LogP contribution in [0.25, 0.3) is 5.65 Å². The molecular formula is C14H15N3O2.